The lowest BCUT2D eigenvalue weighted by molar-refractivity contribution is 1.18. The highest BCUT2D eigenvalue weighted by atomic mass is 15.0. The predicted molar refractivity (Wildman–Crippen MR) is 314 cm³/mol. The Hall–Kier alpha value is -10.0. The molecule has 0 saturated carbocycles. The van der Waals surface area contributed by atoms with Crippen LogP contribution < -0.4 is 0 Å². The molecule has 0 saturated heterocycles. The van der Waals surface area contributed by atoms with Crippen molar-refractivity contribution in [2.24, 2.45) is 0 Å². The molecule has 15 rings (SSSR count). The molecule has 4 aromatic heterocycles. The fourth-order valence-corrected chi connectivity index (χ4v) is 11.7. The molecule has 350 valence electrons. The van der Waals surface area contributed by atoms with Crippen molar-refractivity contribution in [1.29, 1.82) is 0 Å². The SMILES string of the molecule is c1ccc(-c2cc(-c3ccc(-n4c5ccc(-c6ccc7c(c6)c6ccccc6n7-c6ccccc6)cc5c5cc(-c6ccc7c(c6)c6ccccc6n7-c6ccccc6)ccc54)cc3)cc(-c3ccccc3)n2)cc1. The van der Waals surface area contributed by atoms with Gasteiger partial charge in [0.15, 0.2) is 0 Å². The molecule has 0 unspecified atom stereocenters. The molecule has 0 aliphatic carbocycles. The van der Waals surface area contributed by atoms with Gasteiger partial charge in [0.1, 0.15) is 0 Å². The molecular weight excluding hydrogens is 909 g/mol. The lowest BCUT2D eigenvalue weighted by Crippen LogP contribution is -1.95. The summed E-state index contributed by atoms with van der Waals surface area (Å²) in [6.07, 6.45) is 0. The summed E-state index contributed by atoms with van der Waals surface area (Å²) in [6, 6.07) is 101. The van der Waals surface area contributed by atoms with Crippen molar-refractivity contribution in [3.05, 3.63) is 279 Å². The van der Waals surface area contributed by atoms with Gasteiger partial charge in [-0.3, -0.25) is 0 Å². The first kappa shape index (κ1) is 42.6. The standard InChI is InChI=1S/C71H46N4/c1-5-17-48(18-6-1)64-45-54(46-65(72-64)49-19-7-2-8-20-49)47-29-35-57(36-30-47)75-70-39-33-52(50-31-37-68-60(41-50)58-25-13-15-27-66(58)73(68)55-21-9-3-10-22-55)43-62(70)63-44-53(34-40-71(63)75)51-32-38-69-61(42-51)59-26-14-16-28-67(59)74(69)56-23-11-4-12-24-56/h1-46H. The number of rotatable bonds is 8. The summed E-state index contributed by atoms with van der Waals surface area (Å²) in [6.45, 7) is 0. The molecule has 4 heteroatoms. The quantitative estimate of drug-likeness (QED) is 0.149. The van der Waals surface area contributed by atoms with Gasteiger partial charge in [0.25, 0.3) is 0 Å². The minimum atomic E-state index is 0.951. The Bertz CT molecular complexity index is 4390. The van der Waals surface area contributed by atoms with E-state index >= 15 is 0 Å². The second-order valence-corrected chi connectivity index (χ2v) is 19.5. The van der Waals surface area contributed by atoms with Crippen molar-refractivity contribution < 1.29 is 0 Å². The zero-order chi connectivity index (χ0) is 49.4. The number of nitrogens with zero attached hydrogens (tertiary/aromatic N) is 4. The van der Waals surface area contributed by atoms with Gasteiger partial charge in [-0.1, -0.05) is 170 Å². The van der Waals surface area contributed by atoms with Crippen molar-refractivity contribution >= 4 is 65.4 Å². The van der Waals surface area contributed by atoms with Gasteiger partial charge >= 0.3 is 0 Å². The molecule has 0 spiro atoms. The van der Waals surface area contributed by atoms with Crippen LogP contribution in [0.1, 0.15) is 0 Å². The molecule has 0 aliphatic heterocycles. The maximum absolute atomic E-state index is 5.16. The summed E-state index contributed by atoms with van der Waals surface area (Å²) in [5, 5.41) is 7.37. The van der Waals surface area contributed by atoms with Crippen LogP contribution >= 0.6 is 0 Å². The van der Waals surface area contributed by atoms with E-state index in [2.05, 4.69) is 293 Å². The first-order valence-electron chi connectivity index (χ1n) is 25.7. The van der Waals surface area contributed by atoms with Crippen LogP contribution in [-0.2, 0) is 0 Å². The number of hydrogen-bond donors (Lipinski definition) is 0. The van der Waals surface area contributed by atoms with E-state index in [9.17, 15) is 0 Å². The molecule has 0 aliphatic rings. The van der Waals surface area contributed by atoms with E-state index in [4.69, 9.17) is 4.98 Å². The molecule has 0 atom stereocenters. The summed E-state index contributed by atoms with van der Waals surface area (Å²) < 4.78 is 7.20. The Morgan fingerprint density at radius 3 is 0.867 bits per heavy atom. The van der Waals surface area contributed by atoms with Gasteiger partial charge in [0.2, 0.25) is 0 Å². The van der Waals surface area contributed by atoms with E-state index in [0.29, 0.717) is 0 Å². The fraction of sp³-hybridized carbons (Fsp3) is 0. The number of fused-ring (bicyclic) bond motifs is 9. The number of hydrogen-bond acceptors (Lipinski definition) is 1. The molecule has 15 aromatic rings. The van der Waals surface area contributed by atoms with Crippen molar-refractivity contribution in [3.63, 3.8) is 0 Å². The summed E-state index contributed by atoms with van der Waals surface area (Å²) in [4.78, 5) is 5.16. The zero-order valence-corrected chi connectivity index (χ0v) is 40.8. The van der Waals surface area contributed by atoms with Crippen LogP contribution in [-0.4, -0.2) is 18.7 Å². The van der Waals surface area contributed by atoms with Crippen LogP contribution in [0.2, 0.25) is 0 Å². The Morgan fingerprint density at radius 1 is 0.187 bits per heavy atom. The maximum atomic E-state index is 5.16. The lowest BCUT2D eigenvalue weighted by Gasteiger charge is -2.12. The van der Waals surface area contributed by atoms with Gasteiger partial charge in [-0.2, -0.15) is 0 Å². The molecule has 11 aromatic carbocycles. The van der Waals surface area contributed by atoms with Gasteiger partial charge in [-0.05, 0) is 143 Å². The summed E-state index contributed by atoms with van der Waals surface area (Å²) >= 11 is 0. The summed E-state index contributed by atoms with van der Waals surface area (Å²) in [5.74, 6) is 0. The smallest absolute Gasteiger partial charge is 0.0715 e. The Kier molecular flexibility index (Phi) is 9.85. The van der Waals surface area contributed by atoms with Crippen LogP contribution in [0, 0.1) is 0 Å². The van der Waals surface area contributed by atoms with Gasteiger partial charge in [-0.25, -0.2) is 4.98 Å². The molecule has 4 nitrogen and oxygen atoms in total. The molecule has 0 bridgehead atoms. The van der Waals surface area contributed by atoms with Crippen LogP contribution in [0.25, 0.3) is 138 Å². The Labute approximate surface area is 433 Å². The molecule has 0 radical (unpaired) electrons. The number of para-hydroxylation sites is 4. The van der Waals surface area contributed by atoms with Gasteiger partial charge in [0.05, 0.1) is 44.5 Å². The largest absolute Gasteiger partial charge is 0.309 e. The predicted octanol–water partition coefficient (Wildman–Crippen LogP) is 18.7. The first-order valence-corrected chi connectivity index (χ1v) is 25.7. The van der Waals surface area contributed by atoms with Gasteiger partial charge in [-0.15, -0.1) is 0 Å². The molecule has 4 heterocycles. The summed E-state index contributed by atoms with van der Waals surface area (Å²) in [5.41, 5.74) is 21.6. The second-order valence-electron chi connectivity index (χ2n) is 19.5. The van der Waals surface area contributed by atoms with Crippen molar-refractivity contribution in [1.82, 2.24) is 18.7 Å². The third kappa shape index (κ3) is 7.10. The molecule has 0 N–H and O–H groups in total. The molecule has 0 fully saturated rings. The van der Waals surface area contributed by atoms with E-state index in [1.807, 2.05) is 0 Å². The van der Waals surface area contributed by atoms with Crippen LogP contribution in [0.5, 0.6) is 0 Å². The van der Waals surface area contributed by atoms with E-state index in [1.165, 1.54) is 76.6 Å². The molecular formula is C71H46N4. The highest BCUT2D eigenvalue weighted by Gasteiger charge is 2.19. The van der Waals surface area contributed by atoms with Crippen LogP contribution in [0.15, 0.2) is 279 Å². The van der Waals surface area contributed by atoms with Gasteiger partial charge in [0, 0.05) is 60.5 Å². The first-order chi connectivity index (χ1) is 37.2. The second kappa shape index (κ2) is 17.3. The lowest BCUT2D eigenvalue weighted by atomic mass is 9.98. The van der Waals surface area contributed by atoms with Crippen molar-refractivity contribution in [3.8, 4) is 73.0 Å². The average molecular weight is 955 g/mol. The Balaban J connectivity index is 0.897. The normalized spacial score (nSPS) is 11.7. The zero-order valence-electron chi connectivity index (χ0n) is 40.8. The highest BCUT2D eigenvalue weighted by molar-refractivity contribution is 6.14. The van der Waals surface area contributed by atoms with Gasteiger partial charge < -0.3 is 13.7 Å². The van der Waals surface area contributed by atoms with E-state index in [1.54, 1.807) is 0 Å². The number of benzene rings is 11. The number of pyridine rings is 1. The van der Waals surface area contributed by atoms with Crippen LogP contribution in [0.3, 0.4) is 0 Å². The topological polar surface area (TPSA) is 27.7 Å². The minimum Gasteiger partial charge on any atom is -0.309 e. The Morgan fingerprint density at radius 2 is 0.480 bits per heavy atom. The van der Waals surface area contributed by atoms with Crippen molar-refractivity contribution in [2.45, 2.75) is 0 Å². The molecule has 75 heavy (non-hydrogen) atoms. The van der Waals surface area contributed by atoms with E-state index < -0.39 is 0 Å². The van der Waals surface area contributed by atoms with Crippen molar-refractivity contribution in [2.75, 3.05) is 0 Å². The van der Waals surface area contributed by atoms with E-state index in [-0.39, 0.29) is 0 Å². The fourth-order valence-electron chi connectivity index (χ4n) is 11.7. The monoisotopic (exact) mass is 954 g/mol. The minimum absolute atomic E-state index is 0.951. The van der Waals surface area contributed by atoms with E-state index in [0.717, 1.165) is 61.7 Å². The average Bonchev–Trinajstić information content (AvgIpc) is 4.16. The maximum Gasteiger partial charge on any atom is 0.0715 e. The third-order valence-corrected chi connectivity index (χ3v) is 15.2. The summed E-state index contributed by atoms with van der Waals surface area (Å²) in [7, 11) is 0. The highest BCUT2D eigenvalue weighted by Crippen LogP contribution is 2.42. The third-order valence-electron chi connectivity index (χ3n) is 15.2. The number of aromatic nitrogens is 4. The van der Waals surface area contributed by atoms with Crippen LogP contribution in [0.4, 0.5) is 0 Å². The molecule has 0 amide bonds.